The Hall–Kier alpha value is -5.48. The molecule has 0 saturated heterocycles. The van der Waals surface area contributed by atoms with Crippen molar-refractivity contribution in [1.29, 1.82) is 0 Å². The van der Waals surface area contributed by atoms with E-state index in [1.165, 1.54) is 5.56 Å². The molecule has 0 N–H and O–H groups in total. The van der Waals surface area contributed by atoms with E-state index in [4.69, 9.17) is 14.5 Å². The number of hydrogen-bond acceptors (Lipinski definition) is 4. The van der Waals surface area contributed by atoms with Crippen LogP contribution < -0.4 is 9.47 Å². The van der Waals surface area contributed by atoms with Gasteiger partial charge in [-0.2, -0.15) is 6.07 Å². The number of fused-ring (bicyclic) bond motifs is 11. The summed E-state index contributed by atoms with van der Waals surface area (Å²) in [5, 5.41) is 5.25. The van der Waals surface area contributed by atoms with Crippen molar-refractivity contribution in [2.75, 3.05) is 0 Å². The van der Waals surface area contributed by atoms with Crippen molar-refractivity contribution in [1.82, 2.24) is 18.9 Å². The molecule has 0 amide bonds. The average molecular weight is 713 g/mol. The Balaban J connectivity index is 0.00000314. The van der Waals surface area contributed by atoms with Gasteiger partial charge in [-0.15, -0.1) is 30.3 Å². The minimum absolute atomic E-state index is 0. The van der Waals surface area contributed by atoms with Gasteiger partial charge < -0.3 is 18.4 Å². The normalized spacial score (nSPS) is 13.4. The van der Waals surface area contributed by atoms with E-state index in [0.717, 1.165) is 72.0 Å². The number of rotatable bonds is 3. The molecule has 1 aliphatic rings. The van der Waals surface area contributed by atoms with E-state index in [1.54, 1.807) is 0 Å². The maximum Gasteiger partial charge on any atom is 2.00 e. The summed E-state index contributed by atoms with van der Waals surface area (Å²) in [4.78, 5) is 9.49. The van der Waals surface area contributed by atoms with Crippen LogP contribution in [0.2, 0.25) is 0 Å². The molecule has 9 aromatic rings. The molecule has 0 aliphatic carbocycles. The molecule has 0 unspecified atom stereocenters. The van der Waals surface area contributed by atoms with Gasteiger partial charge in [0.1, 0.15) is 17.1 Å². The van der Waals surface area contributed by atoms with Gasteiger partial charge >= 0.3 is 20.4 Å². The van der Waals surface area contributed by atoms with E-state index in [1.807, 2.05) is 67.1 Å². The predicted octanol–water partition coefficient (Wildman–Crippen LogP) is 9.95. The number of imidazole rings is 1. The van der Waals surface area contributed by atoms with Crippen molar-refractivity contribution >= 4 is 49.3 Å². The Morgan fingerprint density at radius 3 is 2.40 bits per heavy atom. The van der Waals surface area contributed by atoms with Crippen LogP contribution in [0.25, 0.3) is 54.9 Å². The average Bonchev–Trinajstić information content (AvgIpc) is 3.72. The SMILES string of the molecule is CC1(C)c2ccccc2Oc2cc3c4cccnc4n(-c4[c-]c(Oc5[c-]c6c(cc5)c5ccccc5n5ccnc65)ccc4)c3cc21.[Pd+2]. The van der Waals surface area contributed by atoms with Crippen molar-refractivity contribution < 1.29 is 29.9 Å². The van der Waals surface area contributed by atoms with Crippen molar-refractivity contribution in [2.24, 2.45) is 0 Å². The molecule has 5 heterocycles. The van der Waals surface area contributed by atoms with Crippen LogP contribution in [0.3, 0.4) is 0 Å². The minimum Gasteiger partial charge on any atom is -0.503 e. The molecular weight excluding hydrogens is 687 g/mol. The first-order valence-corrected chi connectivity index (χ1v) is 15.7. The molecule has 6 nitrogen and oxygen atoms in total. The van der Waals surface area contributed by atoms with Crippen LogP contribution in [0.4, 0.5) is 0 Å². The van der Waals surface area contributed by atoms with Gasteiger partial charge in [0, 0.05) is 62.9 Å². The molecule has 232 valence electrons. The van der Waals surface area contributed by atoms with Crippen LogP contribution in [0.15, 0.2) is 122 Å². The summed E-state index contributed by atoms with van der Waals surface area (Å²) >= 11 is 0. The summed E-state index contributed by atoms with van der Waals surface area (Å²) in [6.45, 7) is 4.51. The fourth-order valence-electron chi connectivity index (χ4n) is 7.29. The predicted molar refractivity (Wildman–Crippen MR) is 185 cm³/mol. The first-order valence-electron chi connectivity index (χ1n) is 15.7. The molecule has 10 rings (SSSR count). The fraction of sp³-hybridized carbons (Fsp3) is 0.0732. The van der Waals surface area contributed by atoms with Gasteiger partial charge in [-0.1, -0.05) is 72.8 Å². The summed E-state index contributed by atoms with van der Waals surface area (Å²) in [6, 6.07) is 42.2. The third-order valence-corrected chi connectivity index (χ3v) is 9.53. The molecule has 1 aliphatic heterocycles. The number of ether oxygens (including phenoxy) is 2. The number of pyridine rings is 2. The van der Waals surface area contributed by atoms with Gasteiger partial charge in [-0.25, -0.2) is 4.98 Å². The quantitative estimate of drug-likeness (QED) is 0.104. The molecule has 0 fully saturated rings. The van der Waals surface area contributed by atoms with E-state index in [2.05, 4.69) is 94.5 Å². The molecule has 5 aromatic carbocycles. The molecule has 0 saturated carbocycles. The molecule has 7 heteroatoms. The summed E-state index contributed by atoms with van der Waals surface area (Å²) in [5.41, 5.74) is 6.71. The standard InChI is InChI=1S/C41H26N4O2.Pd/c1-41(2)33-13-4-6-15-37(33)47-38-23-31-30-12-8-18-42-40(30)45(36(31)24-34(38)41)25-9-7-10-26(21-25)46-27-16-17-28-29-11-3-5-14-35(29)44-20-19-43-39(44)32(28)22-27;/h3-20,23-24H,1-2H3;/q-2;+2. The Morgan fingerprint density at radius 2 is 1.46 bits per heavy atom. The first-order chi connectivity index (χ1) is 23.0. The van der Waals surface area contributed by atoms with Gasteiger partial charge in [0.05, 0.1) is 11.2 Å². The summed E-state index contributed by atoms with van der Waals surface area (Å²) in [7, 11) is 0. The van der Waals surface area contributed by atoms with E-state index < -0.39 is 0 Å². The molecule has 0 radical (unpaired) electrons. The fourth-order valence-corrected chi connectivity index (χ4v) is 7.29. The summed E-state index contributed by atoms with van der Waals surface area (Å²) < 4.78 is 17.2. The van der Waals surface area contributed by atoms with Crippen LogP contribution in [0.1, 0.15) is 25.0 Å². The van der Waals surface area contributed by atoms with Crippen molar-refractivity contribution in [3.63, 3.8) is 0 Å². The van der Waals surface area contributed by atoms with Crippen molar-refractivity contribution in [3.05, 3.63) is 145 Å². The molecule has 0 bridgehead atoms. The number of benzene rings is 5. The van der Waals surface area contributed by atoms with E-state index >= 15 is 0 Å². The van der Waals surface area contributed by atoms with Gasteiger partial charge in [-0.05, 0) is 41.8 Å². The van der Waals surface area contributed by atoms with Gasteiger partial charge in [0.15, 0.2) is 0 Å². The number of para-hydroxylation sites is 2. The summed E-state index contributed by atoms with van der Waals surface area (Å²) in [6.07, 6.45) is 5.64. The Bertz CT molecular complexity index is 2740. The molecular formula is C41H26N4O2Pd. The van der Waals surface area contributed by atoms with Crippen LogP contribution in [-0.4, -0.2) is 18.9 Å². The smallest absolute Gasteiger partial charge is 0.503 e. The van der Waals surface area contributed by atoms with Crippen LogP contribution >= 0.6 is 0 Å². The van der Waals surface area contributed by atoms with Gasteiger partial charge in [-0.3, -0.25) is 4.98 Å². The monoisotopic (exact) mass is 712 g/mol. The maximum absolute atomic E-state index is 6.48. The van der Waals surface area contributed by atoms with E-state index in [-0.39, 0.29) is 25.8 Å². The maximum atomic E-state index is 6.48. The largest absolute Gasteiger partial charge is 2.00 e. The van der Waals surface area contributed by atoms with E-state index in [9.17, 15) is 0 Å². The molecule has 4 aromatic heterocycles. The number of nitrogens with zero attached hydrogens (tertiary/aromatic N) is 4. The Kier molecular flexibility index (Phi) is 6.29. The minimum atomic E-state index is -0.251. The zero-order chi connectivity index (χ0) is 31.3. The number of aromatic nitrogens is 4. The van der Waals surface area contributed by atoms with Gasteiger partial charge in [0.2, 0.25) is 0 Å². The zero-order valence-electron chi connectivity index (χ0n) is 26.0. The van der Waals surface area contributed by atoms with Crippen LogP contribution in [0.5, 0.6) is 23.0 Å². The van der Waals surface area contributed by atoms with Gasteiger partial charge in [0.25, 0.3) is 0 Å². The van der Waals surface area contributed by atoms with Crippen LogP contribution in [0, 0.1) is 12.1 Å². The first kappa shape index (κ1) is 28.7. The second kappa shape index (κ2) is 10.5. The third kappa shape index (κ3) is 4.08. The Labute approximate surface area is 289 Å². The second-order valence-corrected chi connectivity index (χ2v) is 12.6. The van der Waals surface area contributed by atoms with Crippen LogP contribution in [-0.2, 0) is 25.8 Å². The topological polar surface area (TPSA) is 53.6 Å². The van der Waals surface area contributed by atoms with Crippen molar-refractivity contribution in [3.8, 4) is 28.7 Å². The zero-order valence-corrected chi connectivity index (χ0v) is 27.5. The van der Waals surface area contributed by atoms with Crippen molar-refractivity contribution in [2.45, 2.75) is 19.3 Å². The Morgan fingerprint density at radius 1 is 0.646 bits per heavy atom. The molecule has 0 spiro atoms. The second-order valence-electron chi connectivity index (χ2n) is 12.6. The summed E-state index contributed by atoms with van der Waals surface area (Å²) in [5.74, 6) is 2.95. The molecule has 48 heavy (non-hydrogen) atoms. The molecule has 0 atom stereocenters. The number of hydrogen-bond donors (Lipinski definition) is 0. The van der Waals surface area contributed by atoms with E-state index in [0.29, 0.717) is 11.5 Å². The third-order valence-electron chi connectivity index (χ3n) is 9.53.